The van der Waals surface area contributed by atoms with E-state index in [1.54, 1.807) is 4.90 Å². The second kappa shape index (κ2) is 6.17. The van der Waals surface area contributed by atoms with Crippen LogP contribution in [0.5, 0.6) is 0 Å². The number of hydrogen-bond donors (Lipinski definition) is 1. The average Bonchev–Trinajstić information content (AvgIpc) is 2.82. The molecule has 0 aromatic heterocycles. The molecule has 0 saturated carbocycles. The van der Waals surface area contributed by atoms with Gasteiger partial charge in [-0.2, -0.15) is 0 Å². The van der Waals surface area contributed by atoms with Crippen molar-refractivity contribution in [2.75, 3.05) is 13.1 Å². The third-order valence-corrected chi connectivity index (χ3v) is 4.42. The van der Waals surface area contributed by atoms with Gasteiger partial charge in [0, 0.05) is 31.5 Å². The molecule has 1 saturated heterocycles. The molecule has 2 aliphatic rings. The minimum absolute atomic E-state index is 0.142. The van der Waals surface area contributed by atoms with Crippen molar-refractivity contribution in [3.05, 3.63) is 35.4 Å². The second-order valence-corrected chi connectivity index (χ2v) is 7.78. The summed E-state index contributed by atoms with van der Waals surface area (Å²) in [5.74, 6) is -0.142. The molecule has 25 heavy (non-hydrogen) atoms. The zero-order chi connectivity index (χ0) is 18.2. The topological polar surface area (TPSA) is 71.0 Å². The number of carbonyl (C=O) groups is 2. The number of benzene rings is 1. The largest absolute Gasteiger partial charge is 0.444 e. The predicted molar refractivity (Wildman–Crippen MR) is 95.6 cm³/mol. The maximum atomic E-state index is 12.4. The smallest absolute Gasteiger partial charge is 0.410 e. The van der Waals surface area contributed by atoms with Gasteiger partial charge in [-0.3, -0.25) is 9.79 Å². The van der Waals surface area contributed by atoms with E-state index in [0.717, 1.165) is 11.1 Å². The molecule has 2 heterocycles. The van der Waals surface area contributed by atoms with Crippen LogP contribution in [0.15, 0.2) is 29.3 Å². The van der Waals surface area contributed by atoms with Gasteiger partial charge >= 0.3 is 6.09 Å². The quantitative estimate of drug-likeness (QED) is 0.852. The summed E-state index contributed by atoms with van der Waals surface area (Å²) in [7, 11) is 0. The van der Waals surface area contributed by atoms with Gasteiger partial charge < -0.3 is 15.0 Å². The normalized spacial score (nSPS) is 19.6. The summed E-state index contributed by atoms with van der Waals surface area (Å²) in [6.45, 7) is 8.58. The lowest BCUT2D eigenvalue weighted by atomic mass is 9.98. The number of rotatable bonds is 1. The van der Waals surface area contributed by atoms with E-state index in [4.69, 9.17) is 9.73 Å². The Kier molecular flexibility index (Phi) is 4.31. The molecule has 1 N–H and O–H groups in total. The molecule has 0 unspecified atom stereocenters. The second-order valence-electron chi connectivity index (χ2n) is 7.78. The van der Waals surface area contributed by atoms with E-state index in [9.17, 15) is 9.59 Å². The standard InChI is InChI=1S/C19H25N3O3/c1-13-6-5-7-14(12-13)15-16(23)21-19(20-15)8-10-22(11-9-19)17(24)25-18(2,3)4/h5-7,12H,8-11H2,1-4H3,(H,21,23). The van der Waals surface area contributed by atoms with Crippen molar-refractivity contribution in [1.29, 1.82) is 0 Å². The highest BCUT2D eigenvalue weighted by Crippen LogP contribution is 2.29. The lowest BCUT2D eigenvalue weighted by Crippen LogP contribution is -2.53. The van der Waals surface area contributed by atoms with Crippen molar-refractivity contribution in [1.82, 2.24) is 10.2 Å². The molecular formula is C19H25N3O3. The zero-order valence-electron chi connectivity index (χ0n) is 15.3. The number of likely N-dealkylation sites (tertiary alicyclic amines) is 1. The Morgan fingerprint density at radius 2 is 1.96 bits per heavy atom. The van der Waals surface area contributed by atoms with Crippen molar-refractivity contribution in [2.45, 2.75) is 51.8 Å². The molecule has 6 nitrogen and oxygen atoms in total. The van der Waals surface area contributed by atoms with E-state index >= 15 is 0 Å². The minimum atomic E-state index is -0.603. The van der Waals surface area contributed by atoms with Gasteiger partial charge in [-0.15, -0.1) is 0 Å². The third-order valence-electron chi connectivity index (χ3n) is 4.42. The summed E-state index contributed by atoms with van der Waals surface area (Å²) >= 11 is 0. The van der Waals surface area contributed by atoms with Crippen LogP contribution in [0.3, 0.4) is 0 Å². The molecule has 0 radical (unpaired) electrons. The predicted octanol–water partition coefficient (Wildman–Crippen LogP) is 2.64. The van der Waals surface area contributed by atoms with Crippen LogP contribution in [0.1, 0.15) is 44.7 Å². The molecule has 0 aliphatic carbocycles. The van der Waals surface area contributed by atoms with E-state index in [1.807, 2.05) is 52.0 Å². The fraction of sp³-hybridized carbons (Fsp3) is 0.526. The number of nitrogens with zero attached hydrogens (tertiary/aromatic N) is 2. The summed E-state index contributed by atoms with van der Waals surface area (Å²) < 4.78 is 5.42. The molecule has 6 heteroatoms. The van der Waals surface area contributed by atoms with Crippen molar-refractivity contribution in [3.8, 4) is 0 Å². The van der Waals surface area contributed by atoms with E-state index in [2.05, 4.69) is 5.32 Å². The van der Waals surface area contributed by atoms with Crippen molar-refractivity contribution < 1.29 is 14.3 Å². The highest BCUT2D eigenvalue weighted by Gasteiger charge is 2.43. The summed E-state index contributed by atoms with van der Waals surface area (Å²) in [5.41, 5.74) is 1.30. The van der Waals surface area contributed by atoms with Crippen molar-refractivity contribution in [2.24, 2.45) is 4.99 Å². The van der Waals surface area contributed by atoms with Crippen LogP contribution in [0, 0.1) is 6.92 Å². The van der Waals surface area contributed by atoms with Gasteiger partial charge in [-0.1, -0.05) is 23.8 Å². The lowest BCUT2D eigenvalue weighted by Gasteiger charge is -2.37. The van der Waals surface area contributed by atoms with Gasteiger partial charge in [-0.05, 0) is 33.8 Å². The van der Waals surface area contributed by atoms with Crippen LogP contribution in [-0.2, 0) is 9.53 Å². The van der Waals surface area contributed by atoms with Gasteiger partial charge in [0.2, 0.25) is 0 Å². The molecule has 2 aliphatic heterocycles. The Morgan fingerprint density at radius 3 is 2.56 bits per heavy atom. The first-order valence-electron chi connectivity index (χ1n) is 8.65. The molecule has 1 spiro atoms. The number of nitrogens with one attached hydrogen (secondary N) is 1. The monoisotopic (exact) mass is 343 g/mol. The first-order valence-corrected chi connectivity index (χ1v) is 8.65. The van der Waals surface area contributed by atoms with Crippen LogP contribution in [0.25, 0.3) is 0 Å². The van der Waals surface area contributed by atoms with Crippen LogP contribution in [-0.4, -0.2) is 47.0 Å². The number of aryl methyl sites for hydroxylation is 1. The Hall–Kier alpha value is -2.37. The summed E-state index contributed by atoms with van der Waals surface area (Å²) in [4.78, 5) is 31.0. The van der Waals surface area contributed by atoms with E-state index < -0.39 is 11.3 Å². The molecule has 0 atom stereocenters. The lowest BCUT2D eigenvalue weighted by molar-refractivity contribution is -0.115. The van der Waals surface area contributed by atoms with E-state index in [1.165, 1.54) is 0 Å². The van der Waals surface area contributed by atoms with Gasteiger partial charge in [0.05, 0.1) is 0 Å². The number of hydrogen-bond acceptors (Lipinski definition) is 4. The van der Waals surface area contributed by atoms with Gasteiger partial charge in [0.25, 0.3) is 5.91 Å². The number of aliphatic imine (C=N–C) groups is 1. The number of piperidine rings is 1. The molecule has 1 aromatic carbocycles. The summed E-state index contributed by atoms with van der Waals surface area (Å²) in [5, 5.41) is 3.02. The minimum Gasteiger partial charge on any atom is -0.444 e. The third kappa shape index (κ3) is 3.83. The number of carbonyl (C=O) groups excluding carboxylic acids is 2. The molecule has 134 valence electrons. The van der Waals surface area contributed by atoms with Crippen LogP contribution >= 0.6 is 0 Å². The average molecular weight is 343 g/mol. The molecule has 1 aromatic rings. The maximum Gasteiger partial charge on any atom is 0.410 e. The van der Waals surface area contributed by atoms with Crippen molar-refractivity contribution >= 4 is 17.7 Å². The molecule has 2 amide bonds. The summed E-state index contributed by atoms with van der Waals surface area (Å²) in [6.07, 6.45) is 0.871. The zero-order valence-corrected chi connectivity index (χ0v) is 15.3. The fourth-order valence-corrected chi connectivity index (χ4v) is 3.17. The van der Waals surface area contributed by atoms with Crippen molar-refractivity contribution in [3.63, 3.8) is 0 Å². The van der Waals surface area contributed by atoms with E-state index in [0.29, 0.717) is 31.6 Å². The van der Waals surface area contributed by atoms with Gasteiger partial charge in [-0.25, -0.2) is 4.79 Å². The van der Waals surface area contributed by atoms with Gasteiger partial charge in [0.15, 0.2) is 0 Å². The highest BCUT2D eigenvalue weighted by atomic mass is 16.6. The Morgan fingerprint density at radius 1 is 1.28 bits per heavy atom. The SMILES string of the molecule is Cc1cccc(C2=NC3(CCN(C(=O)OC(C)(C)C)CC3)NC2=O)c1. The number of ether oxygens (including phenoxy) is 1. The fourth-order valence-electron chi connectivity index (χ4n) is 3.17. The Balaban J connectivity index is 1.71. The first kappa shape index (κ1) is 17.5. The molecule has 1 fully saturated rings. The van der Waals surface area contributed by atoms with Gasteiger partial charge in [0.1, 0.15) is 17.0 Å². The molecular weight excluding hydrogens is 318 g/mol. The van der Waals surface area contributed by atoms with E-state index in [-0.39, 0.29) is 12.0 Å². The molecule has 0 bridgehead atoms. The molecule has 3 rings (SSSR count). The maximum absolute atomic E-state index is 12.4. The van der Waals surface area contributed by atoms with Crippen LogP contribution < -0.4 is 5.32 Å². The number of amides is 2. The van der Waals surface area contributed by atoms with Crippen LogP contribution in [0.2, 0.25) is 0 Å². The Labute approximate surface area is 148 Å². The first-order chi connectivity index (χ1) is 11.7. The van der Waals surface area contributed by atoms with Crippen LogP contribution in [0.4, 0.5) is 4.79 Å². The highest BCUT2D eigenvalue weighted by molar-refractivity contribution is 6.46. The Bertz CT molecular complexity index is 726. The summed E-state index contributed by atoms with van der Waals surface area (Å²) in [6, 6.07) is 7.79.